The fourth-order valence-electron chi connectivity index (χ4n) is 1.42. The standard InChI is InChI=1S/C10H10N4O4S/c11-6-1-2-9(8(3-6)10(15)16)14-19(17,18)7-4-12-13-5-7/h1-5,14H,11H2,(H,12,13)(H,15,16). The first-order valence-electron chi connectivity index (χ1n) is 5.04. The number of nitrogens with one attached hydrogen (secondary N) is 2. The van der Waals surface area contributed by atoms with Gasteiger partial charge in [-0.15, -0.1) is 0 Å². The van der Waals surface area contributed by atoms with E-state index in [1.807, 2.05) is 0 Å². The van der Waals surface area contributed by atoms with Crippen LogP contribution in [-0.4, -0.2) is 29.7 Å². The minimum Gasteiger partial charge on any atom is -0.478 e. The molecule has 0 saturated heterocycles. The molecule has 0 spiro atoms. The third-order valence-electron chi connectivity index (χ3n) is 2.30. The van der Waals surface area contributed by atoms with E-state index in [9.17, 15) is 13.2 Å². The van der Waals surface area contributed by atoms with Crippen molar-refractivity contribution in [3.8, 4) is 0 Å². The molecular weight excluding hydrogens is 272 g/mol. The lowest BCUT2D eigenvalue weighted by Crippen LogP contribution is -2.15. The predicted octanol–water partition coefficient (Wildman–Crippen LogP) is 0.491. The summed E-state index contributed by atoms with van der Waals surface area (Å²) in [6.07, 6.45) is 2.29. The highest BCUT2D eigenvalue weighted by atomic mass is 32.2. The van der Waals surface area contributed by atoms with E-state index in [1.165, 1.54) is 24.4 Å². The Hall–Kier alpha value is -2.55. The van der Waals surface area contributed by atoms with Gasteiger partial charge in [0, 0.05) is 11.9 Å². The average molecular weight is 282 g/mol. The zero-order valence-corrected chi connectivity index (χ0v) is 10.3. The molecule has 1 aromatic heterocycles. The van der Waals surface area contributed by atoms with Crippen molar-refractivity contribution >= 4 is 27.4 Å². The van der Waals surface area contributed by atoms with Crippen molar-refractivity contribution < 1.29 is 18.3 Å². The van der Waals surface area contributed by atoms with Crippen LogP contribution in [0.5, 0.6) is 0 Å². The maximum atomic E-state index is 11.9. The topological polar surface area (TPSA) is 138 Å². The first kappa shape index (κ1) is 12.9. The number of anilines is 2. The fourth-order valence-corrected chi connectivity index (χ4v) is 2.40. The van der Waals surface area contributed by atoms with Crippen molar-refractivity contribution in [2.75, 3.05) is 10.5 Å². The number of rotatable bonds is 4. The second-order valence-electron chi connectivity index (χ2n) is 3.65. The van der Waals surface area contributed by atoms with Crippen LogP contribution < -0.4 is 10.5 Å². The molecular formula is C10H10N4O4S. The number of carboxylic acids is 1. The van der Waals surface area contributed by atoms with Crippen molar-refractivity contribution in [2.45, 2.75) is 4.90 Å². The van der Waals surface area contributed by atoms with Crippen LogP contribution in [0.4, 0.5) is 11.4 Å². The molecule has 1 heterocycles. The van der Waals surface area contributed by atoms with Gasteiger partial charge in [-0.1, -0.05) is 0 Å². The zero-order chi connectivity index (χ0) is 14.0. The Balaban J connectivity index is 2.42. The third kappa shape index (κ3) is 2.65. The summed E-state index contributed by atoms with van der Waals surface area (Å²) in [7, 11) is -3.89. The number of aromatic amines is 1. The number of sulfonamides is 1. The molecule has 0 saturated carbocycles. The average Bonchev–Trinajstić information content (AvgIpc) is 2.85. The molecule has 0 aliphatic rings. The van der Waals surface area contributed by atoms with Crippen molar-refractivity contribution in [3.63, 3.8) is 0 Å². The zero-order valence-electron chi connectivity index (χ0n) is 9.49. The number of aromatic carboxylic acids is 1. The number of carbonyl (C=O) groups is 1. The van der Waals surface area contributed by atoms with E-state index in [1.54, 1.807) is 0 Å². The van der Waals surface area contributed by atoms with Gasteiger partial charge in [-0.3, -0.25) is 9.82 Å². The number of hydrogen-bond acceptors (Lipinski definition) is 5. The largest absolute Gasteiger partial charge is 0.478 e. The Morgan fingerprint density at radius 2 is 2.16 bits per heavy atom. The van der Waals surface area contributed by atoms with Crippen LogP contribution in [0, 0.1) is 0 Å². The van der Waals surface area contributed by atoms with Gasteiger partial charge in [-0.05, 0) is 18.2 Å². The van der Waals surface area contributed by atoms with E-state index in [0.717, 1.165) is 6.20 Å². The van der Waals surface area contributed by atoms with Gasteiger partial charge in [-0.25, -0.2) is 13.2 Å². The van der Waals surface area contributed by atoms with Crippen molar-refractivity contribution in [3.05, 3.63) is 36.2 Å². The van der Waals surface area contributed by atoms with Crippen LogP contribution in [0.2, 0.25) is 0 Å². The molecule has 0 radical (unpaired) electrons. The number of H-pyrrole nitrogens is 1. The van der Waals surface area contributed by atoms with E-state index >= 15 is 0 Å². The molecule has 0 fully saturated rings. The molecule has 1 aromatic carbocycles. The lowest BCUT2D eigenvalue weighted by atomic mass is 10.1. The van der Waals surface area contributed by atoms with E-state index in [2.05, 4.69) is 14.9 Å². The summed E-state index contributed by atoms with van der Waals surface area (Å²) in [5.41, 5.74) is 5.40. The molecule has 8 nitrogen and oxygen atoms in total. The molecule has 0 amide bonds. The molecule has 100 valence electrons. The lowest BCUT2D eigenvalue weighted by Gasteiger charge is -2.09. The van der Waals surface area contributed by atoms with Crippen LogP contribution in [-0.2, 0) is 10.0 Å². The first-order chi connectivity index (χ1) is 8.90. The van der Waals surface area contributed by atoms with Crippen LogP contribution >= 0.6 is 0 Å². The van der Waals surface area contributed by atoms with Gasteiger partial charge >= 0.3 is 5.97 Å². The lowest BCUT2D eigenvalue weighted by molar-refractivity contribution is 0.0698. The molecule has 5 N–H and O–H groups in total. The van der Waals surface area contributed by atoms with Gasteiger partial charge in [0.1, 0.15) is 4.90 Å². The van der Waals surface area contributed by atoms with Gasteiger partial charge in [0.25, 0.3) is 10.0 Å². The van der Waals surface area contributed by atoms with Gasteiger partial charge in [-0.2, -0.15) is 5.10 Å². The fraction of sp³-hybridized carbons (Fsp3) is 0. The highest BCUT2D eigenvalue weighted by Gasteiger charge is 2.19. The maximum Gasteiger partial charge on any atom is 0.337 e. The maximum absolute atomic E-state index is 11.9. The number of benzene rings is 1. The summed E-state index contributed by atoms with van der Waals surface area (Å²) in [5.74, 6) is -1.28. The van der Waals surface area contributed by atoms with E-state index in [4.69, 9.17) is 10.8 Å². The van der Waals surface area contributed by atoms with Gasteiger partial charge in [0.2, 0.25) is 0 Å². The summed E-state index contributed by atoms with van der Waals surface area (Å²) in [6.45, 7) is 0. The molecule has 0 aliphatic heterocycles. The quantitative estimate of drug-likeness (QED) is 0.602. The number of nitrogens with zero attached hydrogens (tertiary/aromatic N) is 1. The van der Waals surface area contributed by atoms with E-state index in [0.29, 0.717) is 0 Å². The SMILES string of the molecule is Nc1ccc(NS(=O)(=O)c2cn[nH]c2)c(C(=O)O)c1. The highest BCUT2D eigenvalue weighted by molar-refractivity contribution is 7.92. The Morgan fingerprint density at radius 1 is 1.42 bits per heavy atom. The number of carboxylic acid groups (broad SMARTS) is 1. The van der Waals surface area contributed by atoms with Crippen LogP contribution in [0.3, 0.4) is 0 Å². The summed E-state index contributed by atoms with van der Waals surface area (Å²) in [6, 6.07) is 3.87. The molecule has 0 aliphatic carbocycles. The van der Waals surface area contributed by atoms with E-state index < -0.39 is 16.0 Å². The second-order valence-corrected chi connectivity index (χ2v) is 5.33. The van der Waals surface area contributed by atoms with Gasteiger partial charge in [0.15, 0.2) is 0 Å². The molecule has 0 bridgehead atoms. The highest BCUT2D eigenvalue weighted by Crippen LogP contribution is 2.22. The third-order valence-corrected chi connectivity index (χ3v) is 3.63. The Morgan fingerprint density at radius 3 is 2.74 bits per heavy atom. The Bertz CT molecular complexity index is 709. The monoisotopic (exact) mass is 282 g/mol. The first-order valence-corrected chi connectivity index (χ1v) is 6.53. The number of nitrogen functional groups attached to an aromatic ring is 1. The summed E-state index contributed by atoms with van der Waals surface area (Å²) < 4.78 is 26.0. The summed E-state index contributed by atoms with van der Waals surface area (Å²) in [4.78, 5) is 10.9. The van der Waals surface area contributed by atoms with Crippen LogP contribution in [0.25, 0.3) is 0 Å². The van der Waals surface area contributed by atoms with Gasteiger partial charge in [0.05, 0.1) is 17.4 Å². The summed E-state index contributed by atoms with van der Waals surface area (Å²) in [5, 5.41) is 14.9. The number of nitrogens with two attached hydrogens (primary N) is 1. The Kier molecular flexibility index (Phi) is 3.13. The normalized spacial score (nSPS) is 11.2. The molecule has 2 rings (SSSR count). The number of hydrogen-bond donors (Lipinski definition) is 4. The molecule has 0 atom stereocenters. The van der Waals surface area contributed by atoms with Crippen molar-refractivity contribution in [1.29, 1.82) is 0 Å². The smallest absolute Gasteiger partial charge is 0.337 e. The Labute approximate surface area is 108 Å². The molecule has 19 heavy (non-hydrogen) atoms. The van der Waals surface area contributed by atoms with Crippen molar-refractivity contribution in [2.24, 2.45) is 0 Å². The van der Waals surface area contributed by atoms with Gasteiger partial charge < -0.3 is 10.8 Å². The number of aromatic nitrogens is 2. The molecule has 9 heteroatoms. The van der Waals surface area contributed by atoms with Crippen molar-refractivity contribution in [1.82, 2.24) is 10.2 Å². The minimum atomic E-state index is -3.89. The molecule has 0 unspecified atom stereocenters. The molecule has 2 aromatic rings. The van der Waals surface area contributed by atoms with Crippen LogP contribution in [0.15, 0.2) is 35.5 Å². The van der Waals surface area contributed by atoms with E-state index in [-0.39, 0.29) is 21.8 Å². The predicted molar refractivity (Wildman–Crippen MR) is 67.2 cm³/mol. The van der Waals surface area contributed by atoms with Crippen LogP contribution in [0.1, 0.15) is 10.4 Å². The summed E-state index contributed by atoms with van der Waals surface area (Å²) >= 11 is 0. The minimum absolute atomic E-state index is 0.0668. The second kappa shape index (κ2) is 4.61.